The molecule has 1 aliphatic heterocycles. The van der Waals surface area contributed by atoms with Gasteiger partial charge in [-0.15, -0.1) is 0 Å². The highest BCUT2D eigenvalue weighted by molar-refractivity contribution is 5.79. The van der Waals surface area contributed by atoms with Crippen molar-refractivity contribution in [1.82, 2.24) is 5.32 Å². The summed E-state index contributed by atoms with van der Waals surface area (Å²) in [6, 6.07) is 9.72. The van der Waals surface area contributed by atoms with Crippen LogP contribution < -0.4 is 5.32 Å². The molecular weight excluding hydrogens is 302 g/mol. The Morgan fingerprint density at radius 3 is 2.58 bits per heavy atom. The lowest BCUT2D eigenvalue weighted by molar-refractivity contribution is -0.128. The van der Waals surface area contributed by atoms with Crippen molar-refractivity contribution >= 4 is 5.91 Å². The third-order valence-electron chi connectivity index (χ3n) is 5.34. The van der Waals surface area contributed by atoms with E-state index in [0.717, 1.165) is 37.7 Å². The fourth-order valence-electron chi connectivity index (χ4n) is 3.78. The van der Waals surface area contributed by atoms with Gasteiger partial charge in [0.15, 0.2) is 0 Å². The molecule has 1 amide bonds. The monoisotopic (exact) mass is 329 g/mol. The van der Waals surface area contributed by atoms with Crippen molar-refractivity contribution in [2.75, 3.05) is 19.8 Å². The van der Waals surface area contributed by atoms with Crippen molar-refractivity contribution in [1.29, 1.82) is 0 Å². The minimum Gasteiger partial charge on any atom is -0.383 e. The molecule has 2 N–H and O–H groups in total. The number of ether oxygens (including phenoxy) is 1. The molecule has 2 atom stereocenters. The first-order valence-electron chi connectivity index (χ1n) is 8.98. The molecule has 2 aliphatic rings. The molecule has 3 rings (SSSR count). The van der Waals surface area contributed by atoms with Gasteiger partial charge in [0.05, 0.1) is 6.54 Å². The first-order chi connectivity index (χ1) is 11.7. The van der Waals surface area contributed by atoms with Gasteiger partial charge in [-0.05, 0) is 43.6 Å². The number of carbonyl (C=O) groups is 1. The Labute approximate surface area is 143 Å². The smallest absolute Gasteiger partial charge is 0.223 e. The molecule has 1 fully saturated rings. The van der Waals surface area contributed by atoms with Crippen LogP contribution in [0, 0.1) is 11.8 Å². The Morgan fingerprint density at radius 1 is 1.17 bits per heavy atom. The molecule has 1 aromatic rings. The summed E-state index contributed by atoms with van der Waals surface area (Å²) in [6.45, 7) is 1.60. The summed E-state index contributed by atoms with van der Waals surface area (Å²) in [5, 5.41) is 14.5. The Balaban J connectivity index is 1.72. The Bertz CT molecular complexity index is 566. The van der Waals surface area contributed by atoms with Crippen molar-refractivity contribution in [3.8, 4) is 0 Å². The summed E-state index contributed by atoms with van der Waals surface area (Å²) in [5.74, 6) is 0.186. The first kappa shape index (κ1) is 17.2. The van der Waals surface area contributed by atoms with Crippen LogP contribution in [-0.2, 0) is 15.1 Å². The number of benzene rings is 1. The van der Waals surface area contributed by atoms with Crippen LogP contribution in [-0.4, -0.2) is 30.8 Å². The molecule has 0 radical (unpaired) electrons. The molecule has 4 nitrogen and oxygen atoms in total. The Morgan fingerprint density at radius 2 is 1.92 bits per heavy atom. The molecule has 1 heterocycles. The van der Waals surface area contributed by atoms with Crippen LogP contribution in [0.15, 0.2) is 42.5 Å². The Hall–Kier alpha value is -1.65. The van der Waals surface area contributed by atoms with E-state index in [1.165, 1.54) is 0 Å². The molecule has 0 aromatic heterocycles. The van der Waals surface area contributed by atoms with Crippen molar-refractivity contribution in [3.05, 3.63) is 48.0 Å². The number of aliphatic hydroxyl groups is 1. The molecular formula is C20H27NO3. The lowest BCUT2D eigenvalue weighted by Crippen LogP contribution is -2.48. The lowest BCUT2D eigenvalue weighted by Gasteiger charge is -2.39. The molecule has 0 unspecified atom stereocenters. The summed E-state index contributed by atoms with van der Waals surface area (Å²) in [5.41, 5.74) is -0.161. The molecule has 0 saturated carbocycles. The summed E-state index contributed by atoms with van der Waals surface area (Å²) in [6.07, 6.45) is 8.49. The number of rotatable bonds is 5. The summed E-state index contributed by atoms with van der Waals surface area (Å²) in [7, 11) is 0. The van der Waals surface area contributed by atoms with Gasteiger partial charge in [-0.1, -0.05) is 42.5 Å². The van der Waals surface area contributed by atoms with Gasteiger partial charge in [-0.3, -0.25) is 4.79 Å². The van der Waals surface area contributed by atoms with Gasteiger partial charge in [-0.25, -0.2) is 0 Å². The normalized spacial score (nSPS) is 24.3. The van der Waals surface area contributed by atoms with E-state index >= 15 is 0 Å². The number of amides is 1. The SMILES string of the molecule is O=C(NC[C@](O)(c1ccccc1)C1CCOCC1)[C@@H]1CC=CCC1. The zero-order valence-electron chi connectivity index (χ0n) is 14.1. The molecule has 1 saturated heterocycles. The minimum absolute atomic E-state index is 0.0321. The number of hydrogen-bond acceptors (Lipinski definition) is 3. The highest BCUT2D eigenvalue weighted by Crippen LogP contribution is 2.36. The quantitative estimate of drug-likeness (QED) is 0.817. The molecule has 24 heavy (non-hydrogen) atoms. The maximum absolute atomic E-state index is 12.5. The number of nitrogens with one attached hydrogen (secondary N) is 1. The van der Waals surface area contributed by atoms with E-state index in [0.29, 0.717) is 13.2 Å². The molecule has 130 valence electrons. The molecule has 4 heteroatoms. The van der Waals surface area contributed by atoms with E-state index in [2.05, 4.69) is 17.5 Å². The second-order valence-corrected chi connectivity index (χ2v) is 6.88. The van der Waals surface area contributed by atoms with E-state index in [9.17, 15) is 9.90 Å². The lowest BCUT2D eigenvalue weighted by atomic mass is 9.77. The van der Waals surface area contributed by atoms with Crippen LogP contribution in [0.25, 0.3) is 0 Å². The average Bonchev–Trinajstić information content (AvgIpc) is 2.68. The highest BCUT2D eigenvalue weighted by atomic mass is 16.5. The van der Waals surface area contributed by atoms with Gasteiger partial charge in [0, 0.05) is 19.1 Å². The highest BCUT2D eigenvalue weighted by Gasteiger charge is 2.39. The van der Waals surface area contributed by atoms with E-state index < -0.39 is 5.60 Å². The van der Waals surface area contributed by atoms with E-state index in [4.69, 9.17) is 4.74 Å². The zero-order valence-corrected chi connectivity index (χ0v) is 14.1. The van der Waals surface area contributed by atoms with Crippen molar-refractivity contribution in [2.45, 2.75) is 37.7 Å². The fourth-order valence-corrected chi connectivity index (χ4v) is 3.78. The third kappa shape index (κ3) is 3.87. The van der Waals surface area contributed by atoms with Gasteiger partial charge in [0.1, 0.15) is 5.60 Å². The fraction of sp³-hybridized carbons (Fsp3) is 0.550. The van der Waals surface area contributed by atoms with E-state index in [-0.39, 0.29) is 24.3 Å². The molecule has 0 bridgehead atoms. The van der Waals surface area contributed by atoms with Gasteiger partial charge in [0.25, 0.3) is 0 Å². The molecule has 1 aliphatic carbocycles. The van der Waals surface area contributed by atoms with E-state index in [1.807, 2.05) is 30.3 Å². The molecule has 0 spiro atoms. The van der Waals surface area contributed by atoms with Gasteiger partial charge < -0.3 is 15.2 Å². The largest absolute Gasteiger partial charge is 0.383 e. The first-order valence-corrected chi connectivity index (χ1v) is 8.98. The van der Waals surface area contributed by atoms with Crippen molar-refractivity contribution < 1.29 is 14.6 Å². The summed E-state index contributed by atoms with van der Waals surface area (Å²) < 4.78 is 5.45. The van der Waals surface area contributed by atoms with Crippen LogP contribution in [0.4, 0.5) is 0 Å². The van der Waals surface area contributed by atoms with Crippen molar-refractivity contribution in [2.24, 2.45) is 11.8 Å². The van der Waals surface area contributed by atoms with E-state index in [1.54, 1.807) is 0 Å². The third-order valence-corrected chi connectivity index (χ3v) is 5.34. The predicted molar refractivity (Wildman–Crippen MR) is 93.4 cm³/mol. The number of allylic oxidation sites excluding steroid dienone is 2. The Kier molecular flexibility index (Phi) is 5.69. The molecule has 1 aromatic carbocycles. The van der Waals surface area contributed by atoms with Crippen LogP contribution in [0.2, 0.25) is 0 Å². The minimum atomic E-state index is -1.04. The topological polar surface area (TPSA) is 58.6 Å². The zero-order chi connectivity index (χ0) is 16.8. The summed E-state index contributed by atoms with van der Waals surface area (Å²) in [4.78, 5) is 12.5. The maximum Gasteiger partial charge on any atom is 0.223 e. The van der Waals surface area contributed by atoms with Gasteiger partial charge in [0.2, 0.25) is 5.91 Å². The van der Waals surface area contributed by atoms with Crippen molar-refractivity contribution in [3.63, 3.8) is 0 Å². The van der Waals surface area contributed by atoms with Gasteiger partial charge >= 0.3 is 0 Å². The summed E-state index contributed by atoms with van der Waals surface area (Å²) >= 11 is 0. The predicted octanol–water partition coefficient (Wildman–Crippen LogP) is 2.77. The second kappa shape index (κ2) is 7.95. The number of carbonyl (C=O) groups excluding carboxylic acids is 1. The van der Waals surface area contributed by atoms with Crippen LogP contribution >= 0.6 is 0 Å². The second-order valence-electron chi connectivity index (χ2n) is 6.88. The van der Waals surface area contributed by atoms with Crippen LogP contribution in [0.3, 0.4) is 0 Å². The van der Waals surface area contributed by atoms with Gasteiger partial charge in [-0.2, -0.15) is 0 Å². The number of hydrogen-bond donors (Lipinski definition) is 2. The maximum atomic E-state index is 12.5. The van der Waals surface area contributed by atoms with Crippen LogP contribution in [0.5, 0.6) is 0 Å². The standard InChI is InChI=1S/C20H27NO3/c22-19(16-7-3-1-4-8-16)21-15-20(23,17-9-5-2-6-10-17)18-11-13-24-14-12-18/h1-3,5-6,9-10,16,18,23H,4,7-8,11-15H2,(H,21,22)/t16-,20+/m1/s1. The average molecular weight is 329 g/mol. The van der Waals surface area contributed by atoms with Crippen LogP contribution in [0.1, 0.15) is 37.7 Å².